The molecule has 0 saturated heterocycles. The lowest BCUT2D eigenvalue weighted by molar-refractivity contribution is -0.274. The number of amides is 1. The Labute approximate surface area is 130 Å². The molecule has 0 aromatic heterocycles. The zero-order valence-electron chi connectivity index (χ0n) is 11.9. The smallest absolute Gasteiger partial charge is 0.406 e. The number of aliphatic hydroxyl groups excluding tert-OH is 1. The van der Waals surface area contributed by atoms with Gasteiger partial charge in [0.1, 0.15) is 5.75 Å². The molecule has 2 N–H and O–H groups in total. The molecule has 0 aliphatic heterocycles. The number of nitrogens with one attached hydrogen (secondary N) is 1. The van der Waals surface area contributed by atoms with Gasteiger partial charge in [-0.25, -0.2) is 0 Å². The van der Waals surface area contributed by atoms with Crippen LogP contribution in [0.2, 0.25) is 0 Å². The summed E-state index contributed by atoms with van der Waals surface area (Å²) in [5.41, 5.74) is 1.54. The van der Waals surface area contributed by atoms with E-state index in [0.29, 0.717) is 16.8 Å². The second-order valence-electron chi connectivity index (χ2n) is 4.78. The van der Waals surface area contributed by atoms with Crippen LogP contribution in [0.4, 0.5) is 18.9 Å². The second kappa shape index (κ2) is 7.15. The monoisotopic (exact) mass is 325 g/mol. The van der Waals surface area contributed by atoms with Gasteiger partial charge in [-0.2, -0.15) is 0 Å². The maximum Gasteiger partial charge on any atom is 0.573 e. The Morgan fingerprint density at radius 3 is 2.48 bits per heavy atom. The largest absolute Gasteiger partial charge is 0.573 e. The molecule has 0 saturated carbocycles. The van der Waals surface area contributed by atoms with Crippen LogP contribution in [0.5, 0.6) is 5.75 Å². The first kappa shape index (κ1) is 16.8. The molecule has 0 aliphatic carbocycles. The Kier molecular flexibility index (Phi) is 5.23. The predicted octanol–water partition coefficient (Wildman–Crippen LogP) is 3.26. The number of alkyl halides is 3. The van der Waals surface area contributed by atoms with Crippen molar-refractivity contribution >= 4 is 11.6 Å². The molecule has 0 atom stereocenters. The minimum atomic E-state index is -4.77. The SMILES string of the molecule is O=C(Cc1cccc(OC(F)(F)F)c1)Nc1cccc(CO)c1. The molecule has 7 heteroatoms. The molecule has 122 valence electrons. The molecule has 2 aromatic carbocycles. The molecule has 0 bridgehead atoms. The molecule has 2 rings (SSSR count). The van der Waals surface area contributed by atoms with Gasteiger partial charge < -0.3 is 15.2 Å². The average Bonchev–Trinajstić information content (AvgIpc) is 2.45. The summed E-state index contributed by atoms with van der Waals surface area (Å²) in [5, 5.41) is 11.7. The maximum atomic E-state index is 12.2. The molecule has 0 aliphatic rings. The molecule has 1 amide bonds. The van der Waals surface area contributed by atoms with Crippen LogP contribution in [0.3, 0.4) is 0 Å². The van der Waals surface area contributed by atoms with E-state index < -0.39 is 6.36 Å². The van der Waals surface area contributed by atoms with Crippen LogP contribution < -0.4 is 10.1 Å². The van der Waals surface area contributed by atoms with Crippen LogP contribution in [0.25, 0.3) is 0 Å². The van der Waals surface area contributed by atoms with Crippen molar-refractivity contribution in [2.75, 3.05) is 5.32 Å². The van der Waals surface area contributed by atoms with Crippen molar-refractivity contribution in [3.63, 3.8) is 0 Å². The molecule has 23 heavy (non-hydrogen) atoms. The number of rotatable bonds is 5. The van der Waals surface area contributed by atoms with Gasteiger partial charge in [-0.1, -0.05) is 24.3 Å². The minimum absolute atomic E-state index is 0.0988. The number of aliphatic hydroxyl groups is 1. The summed E-state index contributed by atoms with van der Waals surface area (Å²) < 4.78 is 40.3. The van der Waals surface area contributed by atoms with E-state index in [1.807, 2.05) is 0 Å². The topological polar surface area (TPSA) is 58.6 Å². The van der Waals surface area contributed by atoms with E-state index in [1.165, 1.54) is 18.2 Å². The van der Waals surface area contributed by atoms with Gasteiger partial charge in [0.2, 0.25) is 5.91 Å². The summed E-state index contributed by atoms with van der Waals surface area (Å²) in [7, 11) is 0. The number of carbonyl (C=O) groups is 1. The van der Waals surface area contributed by atoms with E-state index in [2.05, 4.69) is 10.1 Å². The molecule has 0 radical (unpaired) electrons. The van der Waals surface area contributed by atoms with Gasteiger partial charge in [-0.3, -0.25) is 4.79 Å². The highest BCUT2D eigenvalue weighted by atomic mass is 19.4. The van der Waals surface area contributed by atoms with Gasteiger partial charge in [0, 0.05) is 5.69 Å². The van der Waals surface area contributed by atoms with Crippen LogP contribution in [-0.4, -0.2) is 17.4 Å². The van der Waals surface area contributed by atoms with Crippen molar-refractivity contribution in [2.24, 2.45) is 0 Å². The standard InChI is InChI=1S/C16H14F3NO3/c17-16(18,19)23-14-6-2-3-11(8-14)9-15(22)20-13-5-1-4-12(7-13)10-21/h1-8,21H,9-10H2,(H,20,22). The fourth-order valence-corrected chi connectivity index (χ4v) is 1.99. The first-order chi connectivity index (χ1) is 10.9. The molecule has 2 aromatic rings. The van der Waals surface area contributed by atoms with Crippen LogP contribution in [0.1, 0.15) is 11.1 Å². The number of ether oxygens (including phenoxy) is 1. The molecular weight excluding hydrogens is 311 g/mol. The van der Waals surface area contributed by atoms with Crippen molar-refractivity contribution in [3.05, 3.63) is 59.7 Å². The number of halogens is 3. The van der Waals surface area contributed by atoms with E-state index in [1.54, 1.807) is 24.3 Å². The third-order valence-electron chi connectivity index (χ3n) is 2.89. The van der Waals surface area contributed by atoms with Gasteiger partial charge in [0.25, 0.3) is 0 Å². The fourth-order valence-electron chi connectivity index (χ4n) is 1.99. The van der Waals surface area contributed by atoms with Gasteiger partial charge in [0.05, 0.1) is 13.0 Å². The van der Waals surface area contributed by atoms with E-state index in [0.717, 1.165) is 6.07 Å². The predicted molar refractivity (Wildman–Crippen MR) is 77.8 cm³/mol. The normalized spacial score (nSPS) is 11.1. The third-order valence-corrected chi connectivity index (χ3v) is 2.89. The summed E-state index contributed by atoms with van der Waals surface area (Å²) in [6.07, 6.45) is -4.87. The molecule has 0 spiro atoms. The van der Waals surface area contributed by atoms with Crippen LogP contribution in [-0.2, 0) is 17.8 Å². The third kappa shape index (κ3) is 5.63. The Bertz CT molecular complexity index is 686. The van der Waals surface area contributed by atoms with Gasteiger partial charge >= 0.3 is 6.36 Å². The first-order valence-electron chi connectivity index (χ1n) is 6.70. The maximum absolute atomic E-state index is 12.2. The highest BCUT2D eigenvalue weighted by Gasteiger charge is 2.31. The van der Waals surface area contributed by atoms with Crippen LogP contribution >= 0.6 is 0 Å². The van der Waals surface area contributed by atoms with Crippen molar-refractivity contribution in [2.45, 2.75) is 19.4 Å². The second-order valence-corrected chi connectivity index (χ2v) is 4.78. The quantitative estimate of drug-likeness (QED) is 0.887. The lowest BCUT2D eigenvalue weighted by atomic mass is 10.1. The van der Waals surface area contributed by atoms with Gasteiger partial charge in [0.15, 0.2) is 0 Å². The fraction of sp³-hybridized carbons (Fsp3) is 0.188. The number of anilines is 1. The first-order valence-corrected chi connectivity index (χ1v) is 6.70. The Morgan fingerprint density at radius 1 is 1.09 bits per heavy atom. The van der Waals surface area contributed by atoms with Crippen LogP contribution in [0.15, 0.2) is 48.5 Å². The zero-order valence-corrected chi connectivity index (χ0v) is 11.9. The molecular formula is C16H14F3NO3. The van der Waals surface area contributed by atoms with Gasteiger partial charge in [-0.05, 0) is 35.4 Å². The lowest BCUT2D eigenvalue weighted by Crippen LogP contribution is -2.18. The van der Waals surface area contributed by atoms with Crippen molar-refractivity contribution in [1.82, 2.24) is 0 Å². The number of benzene rings is 2. The zero-order chi connectivity index (χ0) is 16.9. The van der Waals surface area contributed by atoms with Crippen molar-refractivity contribution in [1.29, 1.82) is 0 Å². The van der Waals surface area contributed by atoms with E-state index in [-0.39, 0.29) is 24.7 Å². The summed E-state index contributed by atoms with van der Waals surface area (Å²) in [6.45, 7) is -0.152. The highest BCUT2D eigenvalue weighted by Crippen LogP contribution is 2.23. The summed E-state index contributed by atoms with van der Waals surface area (Å²) in [5.74, 6) is -0.755. The lowest BCUT2D eigenvalue weighted by Gasteiger charge is -2.10. The molecule has 0 fully saturated rings. The van der Waals surface area contributed by atoms with Crippen molar-refractivity contribution < 1.29 is 27.8 Å². The molecule has 0 heterocycles. The van der Waals surface area contributed by atoms with Crippen LogP contribution in [0, 0.1) is 0 Å². The molecule has 0 unspecified atom stereocenters. The van der Waals surface area contributed by atoms with E-state index in [9.17, 15) is 18.0 Å². The van der Waals surface area contributed by atoms with E-state index >= 15 is 0 Å². The number of hydrogen-bond donors (Lipinski definition) is 2. The van der Waals surface area contributed by atoms with E-state index in [4.69, 9.17) is 5.11 Å². The van der Waals surface area contributed by atoms with Crippen molar-refractivity contribution in [3.8, 4) is 5.75 Å². The summed E-state index contributed by atoms with van der Waals surface area (Å²) in [4.78, 5) is 11.9. The average molecular weight is 325 g/mol. The number of carbonyl (C=O) groups excluding carboxylic acids is 1. The summed E-state index contributed by atoms with van der Waals surface area (Å²) >= 11 is 0. The van der Waals surface area contributed by atoms with Gasteiger partial charge in [-0.15, -0.1) is 13.2 Å². The highest BCUT2D eigenvalue weighted by molar-refractivity contribution is 5.92. The Morgan fingerprint density at radius 2 is 1.78 bits per heavy atom. The number of hydrogen-bond acceptors (Lipinski definition) is 3. The Hall–Kier alpha value is -2.54. The Balaban J connectivity index is 2.01. The molecule has 4 nitrogen and oxygen atoms in total. The minimum Gasteiger partial charge on any atom is -0.406 e. The summed E-state index contributed by atoms with van der Waals surface area (Å²) in [6, 6.07) is 11.9.